The van der Waals surface area contributed by atoms with E-state index in [1.807, 2.05) is 32.9 Å². The number of nitrogens with one attached hydrogen (secondary N) is 2. The third-order valence-electron chi connectivity index (χ3n) is 3.82. The van der Waals surface area contributed by atoms with Crippen molar-refractivity contribution in [3.63, 3.8) is 0 Å². The minimum atomic E-state index is -3.66. The lowest BCUT2D eigenvalue weighted by atomic mass is 10.1. The quantitative estimate of drug-likeness (QED) is 0.636. The van der Waals surface area contributed by atoms with Crippen molar-refractivity contribution >= 4 is 21.6 Å². The Kier molecular flexibility index (Phi) is 6.95. The van der Waals surface area contributed by atoms with Gasteiger partial charge >= 0.3 is 0 Å². The third-order valence-corrected chi connectivity index (χ3v) is 5.28. The van der Waals surface area contributed by atoms with E-state index in [2.05, 4.69) is 10.0 Å². The zero-order valence-corrected chi connectivity index (χ0v) is 16.5. The molecule has 2 aromatic rings. The first-order valence-electron chi connectivity index (χ1n) is 8.53. The number of ether oxygens (including phenoxy) is 1. The molecule has 0 radical (unpaired) electrons. The predicted octanol–water partition coefficient (Wildman–Crippen LogP) is 1.87. The Labute approximate surface area is 160 Å². The van der Waals surface area contributed by atoms with Gasteiger partial charge in [-0.1, -0.05) is 23.8 Å². The molecular formula is C19H25N3O4S. The van der Waals surface area contributed by atoms with Crippen LogP contribution in [0.5, 0.6) is 5.75 Å². The molecule has 0 aliphatic carbocycles. The Balaban J connectivity index is 2.03. The summed E-state index contributed by atoms with van der Waals surface area (Å²) in [7, 11) is -3.66. The fourth-order valence-corrected chi connectivity index (χ4v) is 3.84. The minimum Gasteiger partial charge on any atom is -0.483 e. The maximum Gasteiger partial charge on any atom is 0.262 e. The van der Waals surface area contributed by atoms with Crippen molar-refractivity contribution in [1.82, 2.24) is 4.72 Å². The van der Waals surface area contributed by atoms with Gasteiger partial charge in [0.15, 0.2) is 6.61 Å². The molecule has 8 heteroatoms. The predicted molar refractivity (Wildman–Crippen MR) is 105 cm³/mol. The van der Waals surface area contributed by atoms with Gasteiger partial charge in [-0.3, -0.25) is 4.79 Å². The van der Waals surface area contributed by atoms with Crippen molar-refractivity contribution in [3.05, 3.63) is 53.1 Å². The smallest absolute Gasteiger partial charge is 0.262 e. The van der Waals surface area contributed by atoms with Gasteiger partial charge in [0.25, 0.3) is 5.91 Å². The molecule has 1 amide bonds. The fourth-order valence-electron chi connectivity index (χ4n) is 2.75. The van der Waals surface area contributed by atoms with Crippen LogP contribution in [0.25, 0.3) is 0 Å². The van der Waals surface area contributed by atoms with Crippen molar-refractivity contribution in [1.29, 1.82) is 0 Å². The average molecular weight is 391 g/mol. The van der Waals surface area contributed by atoms with Gasteiger partial charge in [-0.15, -0.1) is 0 Å². The summed E-state index contributed by atoms with van der Waals surface area (Å²) in [5, 5.41) is 2.65. The Bertz CT molecular complexity index is 903. The standard InChI is InChI=1S/C19H25N3O4S/c1-13-9-14(2)19(15(3)10-13)26-12-18(23)22-16-5-4-6-17(11-16)27(24,25)21-8-7-20/h4-6,9-11,21H,7-8,12,20H2,1-3H3,(H,22,23). The van der Waals surface area contributed by atoms with Crippen molar-refractivity contribution in [2.75, 3.05) is 25.0 Å². The van der Waals surface area contributed by atoms with E-state index in [1.165, 1.54) is 12.1 Å². The monoisotopic (exact) mass is 391 g/mol. The second-order valence-corrected chi connectivity index (χ2v) is 8.05. The second-order valence-electron chi connectivity index (χ2n) is 6.28. The highest BCUT2D eigenvalue weighted by atomic mass is 32.2. The maximum atomic E-state index is 12.2. The molecule has 2 aromatic carbocycles. The van der Waals surface area contributed by atoms with E-state index >= 15 is 0 Å². The van der Waals surface area contributed by atoms with Crippen LogP contribution in [0.1, 0.15) is 16.7 Å². The third kappa shape index (κ3) is 5.78. The highest BCUT2D eigenvalue weighted by molar-refractivity contribution is 7.89. The van der Waals surface area contributed by atoms with Crippen molar-refractivity contribution in [2.24, 2.45) is 5.73 Å². The van der Waals surface area contributed by atoms with Crippen LogP contribution in [0, 0.1) is 20.8 Å². The fraction of sp³-hybridized carbons (Fsp3) is 0.316. The molecule has 4 N–H and O–H groups in total. The topological polar surface area (TPSA) is 111 Å². The Morgan fingerprint density at radius 3 is 2.41 bits per heavy atom. The lowest BCUT2D eigenvalue weighted by Gasteiger charge is -2.13. The summed E-state index contributed by atoms with van der Waals surface area (Å²) in [6.45, 7) is 6.02. The summed E-state index contributed by atoms with van der Waals surface area (Å²) in [5.41, 5.74) is 8.74. The van der Waals surface area contributed by atoms with E-state index in [4.69, 9.17) is 10.5 Å². The van der Waals surface area contributed by atoms with Crippen molar-refractivity contribution < 1.29 is 17.9 Å². The van der Waals surface area contributed by atoms with Gasteiger partial charge in [0.1, 0.15) is 5.75 Å². The SMILES string of the molecule is Cc1cc(C)c(OCC(=O)Nc2cccc(S(=O)(=O)NCCN)c2)c(C)c1. The van der Waals surface area contributed by atoms with E-state index in [1.54, 1.807) is 12.1 Å². The second kappa shape index (κ2) is 8.98. The van der Waals surface area contributed by atoms with Crippen LogP contribution in [0.3, 0.4) is 0 Å². The molecule has 0 bridgehead atoms. The first-order chi connectivity index (χ1) is 12.7. The van der Waals surface area contributed by atoms with Crippen LogP contribution in [-0.4, -0.2) is 34.0 Å². The number of carbonyl (C=O) groups excluding carboxylic acids is 1. The number of aryl methyl sites for hydroxylation is 3. The Morgan fingerprint density at radius 2 is 1.78 bits per heavy atom. The number of nitrogens with two attached hydrogens (primary N) is 1. The molecule has 0 heterocycles. The first-order valence-corrected chi connectivity index (χ1v) is 10.0. The summed E-state index contributed by atoms with van der Waals surface area (Å²) in [4.78, 5) is 12.2. The van der Waals surface area contributed by atoms with Crippen molar-refractivity contribution in [2.45, 2.75) is 25.7 Å². The van der Waals surface area contributed by atoms with E-state index in [-0.39, 0.29) is 30.5 Å². The van der Waals surface area contributed by atoms with Crippen LogP contribution >= 0.6 is 0 Å². The number of benzene rings is 2. The summed E-state index contributed by atoms with van der Waals surface area (Å²) in [6.07, 6.45) is 0. The molecule has 0 aliphatic heterocycles. The summed E-state index contributed by atoms with van der Waals surface area (Å²) in [5.74, 6) is 0.303. The number of carbonyl (C=O) groups is 1. The highest BCUT2D eigenvalue weighted by Gasteiger charge is 2.14. The van der Waals surface area contributed by atoms with Crippen LogP contribution in [0.15, 0.2) is 41.3 Å². The molecule has 146 valence electrons. The summed E-state index contributed by atoms with van der Waals surface area (Å²) < 4.78 is 32.3. The number of rotatable bonds is 8. The van der Waals surface area contributed by atoms with Gasteiger partial charge in [0.05, 0.1) is 4.90 Å². The van der Waals surface area contributed by atoms with Gasteiger partial charge in [-0.05, 0) is 50.1 Å². The largest absolute Gasteiger partial charge is 0.483 e. The first kappa shape index (κ1) is 20.9. The van der Waals surface area contributed by atoms with Crippen LogP contribution in [-0.2, 0) is 14.8 Å². The van der Waals surface area contributed by atoms with E-state index < -0.39 is 10.0 Å². The van der Waals surface area contributed by atoms with Crippen LogP contribution in [0.2, 0.25) is 0 Å². The molecule has 0 aliphatic rings. The molecular weight excluding hydrogens is 366 g/mol. The zero-order valence-electron chi connectivity index (χ0n) is 15.7. The van der Waals surface area contributed by atoms with Crippen LogP contribution in [0.4, 0.5) is 5.69 Å². The lowest BCUT2D eigenvalue weighted by Crippen LogP contribution is -2.29. The molecule has 0 saturated carbocycles. The van der Waals surface area contributed by atoms with Gasteiger partial charge in [-0.2, -0.15) is 0 Å². The minimum absolute atomic E-state index is 0.0555. The molecule has 0 atom stereocenters. The molecule has 27 heavy (non-hydrogen) atoms. The molecule has 0 spiro atoms. The number of hydrogen-bond acceptors (Lipinski definition) is 5. The van der Waals surface area contributed by atoms with E-state index in [0.29, 0.717) is 11.4 Å². The molecule has 0 aromatic heterocycles. The zero-order chi connectivity index (χ0) is 20.0. The molecule has 0 saturated heterocycles. The van der Waals surface area contributed by atoms with Gasteiger partial charge in [0, 0.05) is 18.8 Å². The Hall–Kier alpha value is -2.42. The number of amides is 1. The number of anilines is 1. The number of hydrogen-bond donors (Lipinski definition) is 3. The average Bonchev–Trinajstić information content (AvgIpc) is 2.59. The van der Waals surface area contributed by atoms with Gasteiger partial charge in [-0.25, -0.2) is 13.1 Å². The molecule has 0 fully saturated rings. The van der Waals surface area contributed by atoms with Gasteiger partial charge < -0.3 is 15.8 Å². The molecule has 7 nitrogen and oxygen atoms in total. The lowest BCUT2D eigenvalue weighted by molar-refractivity contribution is -0.118. The van der Waals surface area contributed by atoms with Crippen molar-refractivity contribution in [3.8, 4) is 5.75 Å². The summed E-state index contributed by atoms with van der Waals surface area (Å²) in [6, 6.07) is 9.99. The molecule has 2 rings (SSSR count). The van der Waals surface area contributed by atoms with E-state index in [0.717, 1.165) is 16.7 Å². The van der Waals surface area contributed by atoms with Gasteiger partial charge in [0.2, 0.25) is 10.0 Å². The van der Waals surface area contributed by atoms with Crippen LogP contribution < -0.4 is 20.5 Å². The Morgan fingerprint density at radius 1 is 1.11 bits per heavy atom. The molecule has 0 unspecified atom stereocenters. The highest BCUT2D eigenvalue weighted by Crippen LogP contribution is 2.24. The number of sulfonamides is 1. The normalized spacial score (nSPS) is 11.3. The maximum absolute atomic E-state index is 12.2. The van der Waals surface area contributed by atoms with E-state index in [9.17, 15) is 13.2 Å². The summed E-state index contributed by atoms with van der Waals surface area (Å²) >= 11 is 0.